The molecule has 3 N–H and O–H groups in total. The first-order valence-electron chi connectivity index (χ1n) is 4.20. The van der Waals surface area contributed by atoms with Crippen molar-refractivity contribution in [3.8, 4) is 0 Å². The molecule has 0 heterocycles. The lowest BCUT2D eigenvalue weighted by Crippen LogP contribution is -2.39. The fourth-order valence-electron chi connectivity index (χ4n) is 1.54. The molecule has 0 aliphatic heterocycles. The van der Waals surface area contributed by atoms with E-state index in [0.717, 1.165) is 25.7 Å². The largest absolute Gasteiger partial charge is 0.328 e. The van der Waals surface area contributed by atoms with Crippen LogP contribution in [0.4, 0.5) is 0 Å². The van der Waals surface area contributed by atoms with Gasteiger partial charge in [-0.05, 0) is 25.7 Å². The third-order valence-corrected chi connectivity index (χ3v) is 2.91. The smallest absolute Gasteiger partial charge is 0.208 e. The third kappa shape index (κ3) is 3.51. The van der Waals surface area contributed by atoms with Gasteiger partial charge in [-0.25, -0.2) is 13.1 Å². The maximum Gasteiger partial charge on any atom is 0.208 e. The highest BCUT2D eigenvalue weighted by Gasteiger charge is 2.20. The molecule has 1 rings (SSSR count). The topological polar surface area (TPSA) is 72.2 Å². The molecule has 0 aromatic rings. The lowest BCUT2D eigenvalue weighted by molar-refractivity contribution is 0.374. The Bertz CT molecular complexity index is 230. The van der Waals surface area contributed by atoms with Crippen LogP contribution >= 0.6 is 0 Å². The summed E-state index contributed by atoms with van der Waals surface area (Å²) < 4.78 is 24.3. The van der Waals surface area contributed by atoms with E-state index >= 15 is 0 Å². The second-order valence-corrected chi connectivity index (χ2v) is 5.28. The minimum absolute atomic E-state index is 0.111. The van der Waals surface area contributed by atoms with Gasteiger partial charge in [0.2, 0.25) is 10.0 Å². The predicted octanol–water partition coefficient (Wildman–Crippen LogP) is -0.195. The molecule has 0 radical (unpaired) electrons. The van der Waals surface area contributed by atoms with Crippen LogP contribution in [0.1, 0.15) is 25.7 Å². The van der Waals surface area contributed by atoms with Crippen molar-refractivity contribution in [2.45, 2.75) is 37.8 Å². The minimum Gasteiger partial charge on any atom is -0.328 e. The van der Waals surface area contributed by atoms with Crippen molar-refractivity contribution in [2.75, 3.05) is 6.26 Å². The number of nitrogens with two attached hydrogens (primary N) is 1. The molecule has 1 aliphatic rings. The van der Waals surface area contributed by atoms with Crippen LogP contribution in [0.5, 0.6) is 0 Å². The normalized spacial score (nSPS) is 31.8. The fraction of sp³-hybridized carbons (Fsp3) is 1.00. The van der Waals surface area contributed by atoms with E-state index in [2.05, 4.69) is 4.72 Å². The summed E-state index contributed by atoms with van der Waals surface area (Å²) in [4.78, 5) is 0. The third-order valence-electron chi connectivity index (χ3n) is 2.15. The van der Waals surface area contributed by atoms with E-state index < -0.39 is 10.0 Å². The van der Waals surface area contributed by atoms with Gasteiger partial charge in [0, 0.05) is 12.1 Å². The van der Waals surface area contributed by atoms with Gasteiger partial charge in [0.05, 0.1) is 6.26 Å². The van der Waals surface area contributed by atoms with Gasteiger partial charge in [-0.3, -0.25) is 0 Å². The van der Waals surface area contributed by atoms with Crippen LogP contribution in [0.3, 0.4) is 0 Å². The first-order chi connectivity index (χ1) is 5.47. The summed E-state index contributed by atoms with van der Waals surface area (Å²) in [6.45, 7) is 0. The molecular weight excluding hydrogens is 176 g/mol. The zero-order valence-corrected chi connectivity index (χ0v) is 8.10. The molecule has 0 saturated heterocycles. The van der Waals surface area contributed by atoms with Crippen LogP contribution in [0, 0.1) is 0 Å². The van der Waals surface area contributed by atoms with Crippen molar-refractivity contribution in [3.63, 3.8) is 0 Å². The van der Waals surface area contributed by atoms with Crippen LogP contribution in [0.15, 0.2) is 0 Å². The number of hydrogen-bond acceptors (Lipinski definition) is 3. The maximum atomic E-state index is 10.8. The molecule has 1 aliphatic carbocycles. The van der Waals surface area contributed by atoms with Gasteiger partial charge < -0.3 is 5.73 Å². The quantitative estimate of drug-likeness (QED) is 0.636. The lowest BCUT2D eigenvalue weighted by Gasteiger charge is -2.25. The molecule has 0 spiro atoms. The van der Waals surface area contributed by atoms with Crippen molar-refractivity contribution >= 4 is 10.0 Å². The summed E-state index contributed by atoms with van der Waals surface area (Å²) in [5.74, 6) is 0. The van der Waals surface area contributed by atoms with E-state index in [1.165, 1.54) is 6.26 Å². The highest BCUT2D eigenvalue weighted by molar-refractivity contribution is 7.88. The first kappa shape index (κ1) is 9.95. The Morgan fingerprint density at radius 2 is 1.75 bits per heavy atom. The van der Waals surface area contributed by atoms with Crippen LogP contribution in [-0.4, -0.2) is 26.8 Å². The van der Waals surface area contributed by atoms with Crippen molar-refractivity contribution in [3.05, 3.63) is 0 Å². The van der Waals surface area contributed by atoms with E-state index in [1.54, 1.807) is 0 Å². The van der Waals surface area contributed by atoms with E-state index in [0.29, 0.717) is 0 Å². The van der Waals surface area contributed by atoms with Crippen molar-refractivity contribution in [2.24, 2.45) is 5.73 Å². The van der Waals surface area contributed by atoms with Gasteiger partial charge in [-0.1, -0.05) is 0 Å². The van der Waals surface area contributed by atoms with Crippen LogP contribution in [0.2, 0.25) is 0 Å². The van der Waals surface area contributed by atoms with Gasteiger partial charge in [0.1, 0.15) is 0 Å². The summed E-state index contributed by atoms with van der Waals surface area (Å²) in [5.41, 5.74) is 5.68. The Kier molecular flexibility index (Phi) is 3.09. The Balaban J connectivity index is 2.36. The molecule has 12 heavy (non-hydrogen) atoms. The van der Waals surface area contributed by atoms with E-state index in [4.69, 9.17) is 5.73 Å². The Hall–Kier alpha value is -0.130. The molecule has 1 fully saturated rings. The maximum absolute atomic E-state index is 10.8. The highest BCUT2D eigenvalue weighted by atomic mass is 32.2. The van der Waals surface area contributed by atoms with Crippen molar-refractivity contribution in [1.29, 1.82) is 0 Å². The van der Waals surface area contributed by atoms with E-state index in [-0.39, 0.29) is 12.1 Å². The average Bonchev–Trinajstić information content (AvgIpc) is 1.91. The molecule has 0 amide bonds. The molecule has 1 saturated carbocycles. The Morgan fingerprint density at radius 3 is 2.17 bits per heavy atom. The van der Waals surface area contributed by atoms with Crippen molar-refractivity contribution < 1.29 is 8.42 Å². The highest BCUT2D eigenvalue weighted by Crippen LogP contribution is 2.17. The van der Waals surface area contributed by atoms with Crippen LogP contribution < -0.4 is 10.5 Å². The standard InChI is InChI=1S/C7H16N2O2S/c1-12(10,11)9-7-4-2-6(8)3-5-7/h6-7,9H,2-5,8H2,1H3/t6-,7+. The summed E-state index contributed by atoms with van der Waals surface area (Å²) >= 11 is 0. The molecule has 72 valence electrons. The van der Waals surface area contributed by atoms with E-state index in [1.807, 2.05) is 0 Å². The minimum atomic E-state index is -3.03. The number of rotatable bonds is 2. The Morgan fingerprint density at radius 1 is 1.25 bits per heavy atom. The number of sulfonamides is 1. The Labute approximate surface area is 73.6 Å². The van der Waals surface area contributed by atoms with Gasteiger partial charge in [0.15, 0.2) is 0 Å². The molecule has 0 atom stereocenters. The van der Waals surface area contributed by atoms with Gasteiger partial charge in [0.25, 0.3) is 0 Å². The summed E-state index contributed by atoms with van der Waals surface area (Å²) in [6.07, 6.45) is 4.78. The molecule has 0 aromatic heterocycles. The molecule has 0 aromatic carbocycles. The van der Waals surface area contributed by atoms with E-state index in [9.17, 15) is 8.42 Å². The molecule has 0 unspecified atom stereocenters. The summed E-state index contributed by atoms with van der Waals surface area (Å²) in [5, 5.41) is 0. The first-order valence-corrected chi connectivity index (χ1v) is 6.09. The average molecular weight is 192 g/mol. The monoisotopic (exact) mass is 192 g/mol. The van der Waals surface area contributed by atoms with Gasteiger partial charge >= 0.3 is 0 Å². The van der Waals surface area contributed by atoms with Gasteiger partial charge in [-0.15, -0.1) is 0 Å². The zero-order valence-electron chi connectivity index (χ0n) is 7.29. The van der Waals surface area contributed by atoms with Crippen LogP contribution in [-0.2, 0) is 10.0 Å². The zero-order chi connectivity index (χ0) is 9.19. The second-order valence-electron chi connectivity index (χ2n) is 3.50. The summed E-state index contributed by atoms with van der Waals surface area (Å²) in [7, 11) is -3.03. The molecular formula is C7H16N2O2S. The molecule has 4 nitrogen and oxygen atoms in total. The number of hydrogen-bond donors (Lipinski definition) is 2. The number of nitrogens with one attached hydrogen (secondary N) is 1. The van der Waals surface area contributed by atoms with Crippen molar-refractivity contribution in [1.82, 2.24) is 4.72 Å². The molecule has 5 heteroatoms. The van der Waals surface area contributed by atoms with Crippen LogP contribution in [0.25, 0.3) is 0 Å². The predicted molar refractivity (Wildman–Crippen MR) is 48.2 cm³/mol. The molecule has 0 bridgehead atoms. The summed E-state index contributed by atoms with van der Waals surface area (Å²) in [6, 6.07) is 0.377. The second kappa shape index (κ2) is 3.72. The SMILES string of the molecule is CS(=O)(=O)N[C@H]1CC[C@@H](N)CC1. The lowest BCUT2D eigenvalue weighted by atomic mass is 9.93. The fourth-order valence-corrected chi connectivity index (χ4v) is 2.38. The van der Waals surface area contributed by atoms with Gasteiger partial charge in [-0.2, -0.15) is 0 Å².